The Morgan fingerprint density at radius 1 is 0.850 bits per heavy atom. The first kappa shape index (κ1) is 32.0. The number of amides is 2. The zero-order valence-electron chi connectivity index (χ0n) is 22.1. The molecule has 3 rings (SSSR count). The molecule has 3 aromatic carbocycles. The number of hydrogen-bond acceptors (Lipinski definition) is 4. The van der Waals surface area contributed by atoms with Crippen LogP contribution in [0, 0.1) is 0 Å². The highest BCUT2D eigenvalue weighted by Crippen LogP contribution is 2.34. The fourth-order valence-electron chi connectivity index (χ4n) is 4.05. The van der Waals surface area contributed by atoms with E-state index in [-0.39, 0.29) is 45.7 Å². The number of carbonyl (C=O) groups excluding carboxylic acids is 2. The molecule has 1 unspecified atom stereocenters. The van der Waals surface area contributed by atoms with Crippen molar-refractivity contribution >= 4 is 73.9 Å². The van der Waals surface area contributed by atoms with Gasteiger partial charge in [-0.1, -0.05) is 88.9 Å². The van der Waals surface area contributed by atoms with E-state index in [1.807, 2.05) is 44.2 Å². The second-order valence-electron chi connectivity index (χ2n) is 9.48. The van der Waals surface area contributed by atoms with Crippen LogP contribution in [0.25, 0.3) is 0 Å². The van der Waals surface area contributed by atoms with Crippen LogP contribution in [0.1, 0.15) is 25.0 Å². The average Bonchev–Trinajstić information content (AvgIpc) is 2.88. The van der Waals surface area contributed by atoms with E-state index < -0.39 is 28.5 Å². The van der Waals surface area contributed by atoms with Crippen molar-refractivity contribution in [2.45, 2.75) is 38.9 Å². The monoisotopic (exact) mass is 643 g/mol. The largest absolute Gasteiger partial charge is 0.352 e. The minimum atomic E-state index is -3.99. The predicted octanol–water partition coefficient (Wildman–Crippen LogP) is 6.23. The summed E-state index contributed by atoms with van der Waals surface area (Å²) in [6.07, 6.45) is 1.15. The number of rotatable bonds is 11. The van der Waals surface area contributed by atoms with Gasteiger partial charge in [0.2, 0.25) is 21.8 Å². The molecular weight excluding hydrogens is 616 g/mol. The summed E-state index contributed by atoms with van der Waals surface area (Å²) in [5.74, 6) is -1.02. The standard InChI is InChI=1S/C28H29Cl4N3O4S/c1-18(2)33-28(37)25(15-19-8-5-4-6-9-19)34(16-20-12-13-21(29)23(31)14-20)26(36)17-35(40(3,38)39)24-11-7-10-22(30)27(24)32/h4-14,18,25H,15-17H2,1-3H3,(H,33,37). The molecule has 3 aromatic rings. The molecular formula is C28H29Cl4N3O4S. The third-order valence-corrected chi connectivity index (χ3v) is 8.59. The van der Waals surface area contributed by atoms with Crippen LogP contribution in [0.3, 0.4) is 0 Å². The summed E-state index contributed by atoms with van der Waals surface area (Å²) in [6, 6.07) is 17.4. The van der Waals surface area contributed by atoms with E-state index in [2.05, 4.69) is 5.32 Å². The van der Waals surface area contributed by atoms with Gasteiger partial charge in [0.25, 0.3) is 0 Å². The van der Waals surface area contributed by atoms with Crippen LogP contribution >= 0.6 is 46.4 Å². The quantitative estimate of drug-likeness (QED) is 0.268. The highest BCUT2D eigenvalue weighted by Gasteiger charge is 2.34. The number of hydrogen-bond donors (Lipinski definition) is 1. The molecule has 1 atom stereocenters. The molecule has 214 valence electrons. The smallest absolute Gasteiger partial charge is 0.244 e. The van der Waals surface area contributed by atoms with Crippen molar-refractivity contribution in [1.82, 2.24) is 10.2 Å². The summed E-state index contributed by atoms with van der Waals surface area (Å²) in [5, 5.41) is 3.61. The molecule has 7 nitrogen and oxygen atoms in total. The molecule has 0 radical (unpaired) electrons. The molecule has 0 fully saturated rings. The number of nitrogens with one attached hydrogen (secondary N) is 1. The number of anilines is 1. The van der Waals surface area contributed by atoms with Crippen molar-refractivity contribution in [1.29, 1.82) is 0 Å². The van der Waals surface area contributed by atoms with Gasteiger partial charge in [-0.3, -0.25) is 13.9 Å². The Balaban J connectivity index is 2.10. The van der Waals surface area contributed by atoms with Gasteiger partial charge in [0, 0.05) is 19.0 Å². The van der Waals surface area contributed by atoms with Gasteiger partial charge in [0.15, 0.2) is 0 Å². The minimum absolute atomic E-state index is 0.0168. The van der Waals surface area contributed by atoms with Crippen LogP contribution in [0.2, 0.25) is 20.1 Å². The van der Waals surface area contributed by atoms with Crippen LogP contribution in [-0.2, 0) is 32.6 Å². The molecule has 0 aliphatic carbocycles. The summed E-state index contributed by atoms with van der Waals surface area (Å²) in [6.45, 7) is 2.96. The number of nitrogens with zero attached hydrogens (tertiary/aromatic N) is 2. The summed E-state index contributed by atoms with van der Waals surface area (Å²) in [5.41, 5.74) is 1.46. The molecule has 0 aliphatic rings. The maximum Gasteiger partial charge on any atom is 0.244 e. The maximum absolute atomic E-state index is 14.1. The van der Waals surface area contributed by atoms with Gasteiger partial charge in [0.05, 0.1) is 32.0 Å². The first-order valence-electron chi connectivity index (χ1n) is 12.3. The van der Waals surface area contributed by atoms with Crippen LogP contribution in [-0.4, -0.2) is 50.0 Å². The van der Waals surface area contributed by atoms with E-state index in [1.165, 1.54) is 23.1 Å². The minimum Gasteiger partial charge on any atom is -0.352 e. The average molecular weight is 645 g/mol. The van der Waals surface area contributed by atoms with Gasteiger partial charge < -0.3 is 10.2 Å². The summed E-state index contributed by atoms with van der Waals surface area (Å²) < 4.78 is 26.6. The third-order valence-electron chi connectivity index (χ3n) is 5.92. The number of carbonyl (C=O) groups is 2. The van der Waals surface area contributed by atoms with E-state index in [9.17, 15) is 18.0 Å². The number of benzene rings is 3. The number of halogens is 4. The second kappa shape index (κ2) is 13.9. The Kier molecular flexibility index (Phi) is 11.1. The van der Waals surface area contributed by atoms with E-state index >= 15 is 0 Å². The summed E-state index contributed by atoms with van der Waals surface area (Å²) >= 11 is 24.8. The van der Waals surface area contributed by atoms with Gasteiger partial charge >= 0.3 is 0 Å². The van der Waals surface area contributed by atoms with Crippen molar-refractivity contribution in [2.24, 2.45) is 0 Å². The van der Waals surface area contributed by atoms with Crippen molar-refractivity contribution < 1.29 is 18.0 Å². The highest BCUT2D eigenvalue weighted by atomic mass is 35.5. The molecule has 0 aromatic heterocycles. The van der Waals surface area contributed by atoms with Crippen molar-refractivity contribution in [3.05, 3.63) is 97.9 Å². The lowest BCUT2D eigenvalue weighted by molar-refractivity contribution is -0.140. The molecule has 12 heteroatoms. The zero-order valence-corrected chi connectivity index (χ0v) is 25.9. The molecule has 1 N–H and O–H groups in total. The Bertz CT molecular complexity index is 1470. The van der Waals surface area contributed by atoms with E-state index in [4.69, 9.17) is 46.4 Å². The Morgan fingerprint density at radius 2 is 1.52 bits per heavy atom. The fourth-order valence-corrected chi connectivity index (χ4v) is 5.67. The molecule has 0 spiro atoms. The SMILES string of the molecule is CC(C)NC(=O)C(Cc1ccccc1)N(Cc1ccc(Cl)c(Cl)c1)C(=O)CN(c1cccc(Cl)c1Cl)S(C)(=O)=O. The van der Waals surface area contributed by atoms with Crippen LogP contribution in [0.4, 0.5) is 5.69 Å². The lowest BCUT2D eigenvalue weighted by Gasteiger charge is -2.34. The topological polar surface area (TPSA) is 86.8 Å². The fraction of sp³-hybridized carbons (Fsp3) is 0.286. The van der Waals surface area contributed by atoms with Gasteiger partial charge in [-0.15, -0.1) is 0 Å². The van der Waals surface area contributed by atoms with Crippen molar-refractivity contribution in [2.75, 3.05) is 17.1 Å². The van der Waals surface area contributed by atoms with Gasteiger partial charge in [-0.25, -0.2) is 8.42 Å². The summed E-state index contributed by atoms with van der Waals surface area (Å²) in [4.78, 5) is 28.9. The molecule has 2 amide bonds. The maximum atomic E-state index is 14.1. The molecule has 40 heavy (non-hydrogen) atoms. The first-order valence-corrected chi connectivity index (χ1v) is 15.6. The lowest BCUT2D eigenvalue weighted by Crippen LogP contribution is -2.54. The van der Waals surface area contributed by atoms with Crippen LogP contribution in [0.15, 0.2) is 66.7 Å². The highest BCUT2D eigenvalue weighted by molar-refractivity contribution is 7.92. The van der Waals surface area contributed by atoms with Gasteiger partial charge in [-0.2, -0.15) is 0 Å². The predicted molar refractivity (Wildman–Crippen MR) is 163 cm³/mol. The third kappa shape index (κ3) is 8.51. The lowest BCUT2D eigenvalue weighted by atomic mass is 10.0. The Hall–Kier alpha value is -2.49. The molecule has 0 saturated heterocycles. The zero-order chi connectivity index (χ0) is 29.6. The van der Waals surface area contributed by atoms with E-state index in [0.717, 1.165) is 16.1 Å². The normalized spacial score (nSPS) is 12.2. The van der Waals surface area contributed by atoms with E-state index in [0.29, 0.717) is 10.6 Å². The van der Waals surface area contributed by atoms with Gasteiger partial charge in [-0.05, 0) is 49.2 Å². The molecule has 0 saturated carbocycles. The molecule has 0 bridgehead atoms. The molecule has 0 heterocycles. The van der Waals surface area contributed by atoms with Crippen molar-refractivity contribution in [3.63, 3.8) is 0 Å². The Morgan fingerprint density at radius 3 is 2.12 bits per heavy atom. The van der Waals surface area contributed by atoms with Crippen molar-refractivity contribution in [3.8, 4) is 0 Å². The summed E-state index contributed by atoms with van der Waals surface area (Å²) in [7, 11) is -3.99. The molecule has 0 aliphatic heterocycles. The first-order chi connectivity index (χ1) is 18.8. The number of sulfonamides is 1. The van der Waals surface area contributed by atoms with Gasteiger partial charge in [0.1, 0.15) is 12.6 Å². The van der Waals surface area contributed by atoms with Crippen LogP contribution < -0.4 is 9.62 Å². The van der Waals surface area contributed by atoms with Crippen LogP contribution in [0.5, 0.6) is 0 Å². The van der Waals surface area contributed by atoms with E-state index in [1.54, 1.807) is 18.2 Å². The second-order valence-corrected chi connectivity index (χ2v) is 13.0. The Labute approximate surface area is 255 Å².